The van der Waals surface area contributed by atoms with Gasteiger partial charge in [0.25, 0.3) is 10.0 Å². The fourth-order valence-corrected chi connectivity index (χ4v) is 5.21. The highest BCUT2D eigenvalue weighted by Crippen LogP contribution is 2.31. The minimum absolute atomic E-state index is 0.158. The molecule has 0 atom stereocenters. The molecule has 0 saturated carbocycles. The summed E-state index contributed by atoms with van der Waals surface area (Å²) in [5.74, 6) is 1.06. The summed E-state index contributed by atoms with van der Waals surface area (Å²) in [6, 6.07) is 16.3. The molecule has 1 aromatic heterocycles. The number of anilines is 3. The van der Waals surface area contributed by atoms with Crippen LogP contribution in [0.25, 0.3) is 10.2 Å². The molecule has 34 heavy (non-hydrogen) atoms. The molecule has 2 amide bonds. The summed E-state index contributed by atoms with van der Waals surface area (Å²) in [4.78, 5) is 17.0. The van der Waals surface area contributed by atoms with Gasteiger partial charge in [-0.25, -0.2) is 18.2 Å². The first kappa shape index (κ1) is 23.3. The molecule has 11 heteroatoms. The first-order valence-electron chi connectivity index (χ1n) is 10.1. The van der Waals surface area contributed by atoms with Gasteiger partial charge in [-0.05, 0) is 49.4 Å². The number of carbonyl (C=O) groups is 1. The number of carbonyl (C=O) groups excluding carboxylic acids is 1. The minimum Gasteiger partial charge on any atom is -0.497 e. The Balaban J connectivity index is 1.48. The van der Waals surface area contributed by atoms with Gasteiger partial charge in [-0.3, -0.25) is 4.72 Å². The number of hydrogen-bond donors (Lipinski definition) is 3. The van der Waals surface area contributed by atoms with E-state index in [-0.39, 0.29) is 10.0 Å². The van der Waals surface area contributed by atoms with Gasteiger partial charge in [-0.2, -0.15) is 0 Å². The second kappa shape index (κ2) is 9.57. The molecular weight excluding hydrogens is 476 g/mol. The highest BCUT2D eigenvalue weighted by Gasteiger charge is 2.17. The van der Waals surface area contributed by atoms with Gasteiger partial charge in [0.15, 0.2) is 5.13 Å². The third kappa shape index (κ3) is 5.21. The average Bonchev–Trinajstić information content (AvgIpc) is 3.20. The van der Waals surface area contributed by atoms with Crippen molar-refractivity contribution in [2.75, 3.05) is 29.6 Å². The molecule has 4 aromatic rings. The second-order valence-electron chi connectivity index (χ2n) is 7.27. The van der Waals surface area contributed by atoms with E-state index < -0.39 is 16.1 Å². The van der Waals surface area contributed by atoms with Crippen molar-refractivity contribution in [1.82, 2.24) is 4.98 Å². The van der Waals surface area contributed by atoms with Crippen LogP contribution < -0.4 is 24.8 Å². The normalized spacial score (nSPS) is 11.1. The molecule has 9 nitrogen and oxygen atoms in total. The van der Waals surface area contributed by atoms with Gasteiger partial charge in [0, 0.05) is 11.8 Å². The maximum absolute atomic E-state index is 12.6. The Kier molecular flexibility index (Phi) is 6.57. The lowest BCUT2D eigenvalue weighted by Gasteiger charge is -2.12. The summed E-state index contributed by atoms with van der Waals surface area (Å²) in [5, 5.41) is 5.70. The van der Waals surface area contributed by atoms with E-state index in [1.165, 1.54) is 18.4 Å². The van der Waals surface area contributed by atoms with Crippen LogP contribution in [0.3, 0.4) is 0 Å². The molecule has 0 aliphatic carbocycles. The summed E-state index contributed by atoms with van der Waals surface area (Å²) in [6.07, 6.45) is 0. The van der Waals surface area contributed by atoms with Crippen LogP contribution in [0.5, 0.6) is 11.5 Å². The third-order valence-corrected chi connectivity index (χ3v) is 7.29. The number of sulfonamides is 1. The van der Waals surface area contributed by atoms with E-state index >= 15 is 0 Å². The number of nitrogens with one attached hydrogen (secondary N) is 3. The lowest BCUT2D eigenvalue weighted by Crippen LogP contribution is -2.19. The number of fused-ring (bicyclic) bond motifs is 1. The Hall–Kier alpha value is -3.83. The molecule has 0 bridgehead atoms. The largest absolute Gasteiger partial charge is 0.497 e. The van der Waals surface area contributed by atoms with Gasteiger partial charge >= 0.3 is 6.03 Å². The van der Waals surface area contributed by atoms with Gasteiger partial charge in [0.05, 0.1) is 35.0 Å². The number of methoxy groups -OCH3 is 2. The summed E-state index contributed by atoms with van der Waals surface area (Å²) in [6.45, 7) is 1.89. The number of urea groups is 1. The first-order valence-corrected chi connectivity index (χ1v) is 12.4. The third-order valence-electron chi connectivity index (χ3n) is 4.86. The number of ether oxygens (including phenoxy) is 2. The van der Waals surface area contributed by atoms with E-state index in [1.54, 1.807) is 67.8 Å². The number of rotatable bonds is 7. The van der Waals surface area contributed by atoms with E-state index in [2.05, 4.69) is 20.3 Å². The van der Waals surface area contributed by atoms with Gasteiger partial charge < -0.3 is 20.1 Å². The first-order chi connectivity index (χ1) is 16.3. The summed E-state index contributed by atoms with van der Waals surface area (Å²) in [7, 11) is -0.713. The lowest BCUT2D eigenvalue weighted by molar-refractivity contribution is 0.262. The molecule has 0 spiro atoms. The summed E-state index contributed by atoms with van der Waals surface area (Å²) >= 11 is 1.20. The molecule has 0 saturated heterocycles. The van der Waals surface area contributed by atoms with Crippen LogP contribution in [0.4, 0.5) is 21.3 Å². The van der Waals surface area contributed by atoms with E-state index in [0.717, 1.165) is 10.3 Å². The standard InChI is InChI=1S/C23H22N4O5S2/c1-14-4-8-17(9-5-14)34(29,30)27-23-26-19-12-15(6-11-21(19)33-23)24-22(28)25-18-10-7-16(31-2)13-20(18)32-3/h4-13H,1-3H3,(H,26,27)(H2,24,25,28). The zero-order chi connectivity index (χ0) is 24.3. The number of hydrogen-bond acceptors (Lipinski definition) is 7. The van der Waals surface area contributed by atoms with Gasteiger partial charge in [0.2, 0.25) is 0 Å². The van der Waals surface area contributed by atoms with Crippen molar-refractivity contribution in [3.63, 3.8) is 0 Å². The van der Waals surface area contributed by atoms with E-state index in [0.29, 0.717) is 28.4 Å². The molecule has 0 fully saturated rings. The fourth-order valence-electron chi connectivity index (χ4n) is 3.13. The van der Waals surface area contributed by atoms with Crippen LogP contribution >= 0.6 is 11.3 Å². The fraction of sp³-hybridized carbons (Fsp3) is 0.130. The Labute approximate surface area is 200 Å². The van der Waals surface area contributed by atoms with Crippen LogP contribution in [-0.4, -0.2) is 33.7 Å². The molecule has 3 aromatic carbocycles. The second-order valence-corrected chi connectivity index (χ2v) is 9.98. The van der Waals surface area contributed by atoms with E-state index in [4.69, 9.17) is 9.47 Å². The highest BCUT2D eigenvalue weighted by molar-refractivity contribution is 7.93. The zero-order valence-electron chi connectivity index (χ0n) is 18.6. The number of aryl methyl sites for hydroxylation is 1. The van der Waals surface area contributed by atoms with Crippen molar-refractivity contribution in [2.24, 2.45) is 0 Å². The number of thiazole rings is 1. The molecule has 0 aliphatic rings. The molecule has 3 N–H and O–H groups in total. The van der Waals surface area contributed by atoms with Crippen molar-refractivity contribution in [2.45, 2.75) is 11.8 Å². The van der Waals surface area contributed by atoms with Crippen molar-refractivity contribution >= 4 is 54.1 Å². The monoisotopic (exact) mass is 498 g/mol. The topological polar surface area (TPSA) is 119 Å². The van der Waals surface area contributed by atoms with Crippen LogP contribution in [-0.2, 0) is 10.0 Å². The lowest BCUT2D eigenvalue weighted by atomic mass is 10.2. The average molecular weight is 499 g/mol. The number of amides is 2. The minimum atomic E-state index is -3.76. The molecule has 0 aliphatic heterocycles. The molecule has 1 heterocycles. The molecular formula is C23H22N4O5S2. The van der Waals surface area contributed by atoms with E-state index in [9.17, 15) is 13.2 Å². The summed E-state index contributed by atoms with van der Waals surface area (Å²) < 4.78 is 39.0. The predicted octanol–water partition coefficient (Wildman–Crippen LogP) is 5.07. The molecule has 176 valence electrons. The number of nitrogens with zero attached hydrogens (tertiary/aromatic N) is 1. The maximum Gasteiger partial charge on any atom is 0.323 e. The van der Waals surface area contributed by atoms with Crippen LogP contribution in [0, 0.1) is 6.92 Å². The maximum atomic E-state index is 12.6. The Morgan fingerprint density at radius 3 is 2.41 bits per heavy atom. The number of aromatic nitrogens is 1. The SMILES string of the molecule is COc1ccc(NC(=O)Nc2ccc3sc(NS(=O)(=O)c4ccc(C)cc4)nc3c2)c(OC)c1. The van der Waals surface area contributed by atoms with Gasteiger partial charge in [-0.1, -0.05) is 29.0 Å². The highest BCUT2D eigenvalue weighted by atomic mass is 32.2. The van der Waals surface area contributed by atoms with Crippen LogP contribution in [0.2, 0.25) is 0 Å². The molecule has 0 unspecified atom stereocenters. The van der Waals surface area contributed by atoms with Gasteiger partial charge in [-0.15, -0.1) is 0 Å². The van der Waals surface area contributed by atoms with Crippen molar-refractivity contribution in [3.05, 3.63) is 66.2 Å². The molecule has 4 rings (SSSR count). The molecule has 0 radical (unpaired) electrons. The van der Waals surface area contributed by atoms with Crippen LogP contribution in [0.1, 0.15) is 5.56 Å². The summed E-state index contributed by atoms with van der Waals surface area (Å²) in [5.41, 5.74) is 2.49. The van der Waals surface area contributed by atoms with Crippen molar-refractivity contribution in [1.29, 1.82) is 0 Å². The Morgan fingerprint density at radius 1 is 0.941 bits per heavy atom. The quantitative estimate of drug-likeness (QED) is 0.327. The smallest absolute Gasteiger partial charge is 0.323 e. The predicted molar refractivity (Wildman–Crippen MR) is 134 cm³/mol. The Bertz CT molecular complexity index is 1450. The van der Waals surface area contributed by atoms with E-state index in [1.807, 2.05) is 6.92 Å². The van der Waals surface area contributed by atoms with Crippen molar-refractivity contribution < 1.29 is 22.7 Å². The number of benzene rings is 3. The zero-order valence-corrected chi connectivity index (χ0v) is 20.2. The van der Waals surface area contributed by atoms with Gasteiger partial charge in [0.1, 0.15) is 11.5 Å². The van der Waals surface area contributed by atoms with Crippen LogP contribution in [0.15, 0.2) is 65.6 Å². The Morgan fingerprint density at radius 2 is 1.71 bits per heavy atom. The van der Waals surface area contributed by atoms with Crippen molar-refractivity contribution in [3.8, 4) is 11.5 Å².